The van der Waals surface area contributed by atoms with Crippen LogP contribution in [0.25, 0.3) is 0 Å². The van der Waals surface area contributed by atoms with Gasteiger partial charge in [-0.15, -0.1) is 0 Å². The summed E-state index contributed by atoms with van der Waals surface area (Å²) >= 11 is 0. The molecule has 2 aliphatic carbocycles. The first-order valence-electron chi connectivity index (χ1n) is 8.15. The van der Waals surface area contributed by atoms with Crippen LogP contribution in [0.4, 0.5) is 0 Å². The summed E-state index contributed by atoms with van der Waals surface area (Å²) in [6.07, 6.45) is 10.0. The summed E-state index contributed by atoms with van der Waals surface area (Å²) in [5, 5.41) is 0. The number of fused-ring (bicyclic) bond motifs is 1. The molecule has 0 aliphatic heterocycles. The molecule has 1 fully saturated rings. The van der Waals surface area contributed by atoms with Crippen LogP contribution in [0.15, 0.2) is 18.2 Å². The lowest BCUT2D eigenvalue weighted by Gasteiger charge is -2.41. The Kier molecular flexibility index (Phi) is 3.87. The van der Waals surface area contributed by atoms with Crippen molar-refractivity contribution < 1.29 is 0 Å². The monoisotopic (exact) mass is 272 g/mol. The fourth-order valence-electron chi connectivity index (χ4n) is 4.33. The molecule has 1 unspecified atom stereocenters. The fraction of sp³-hybridized carbons (Fsp3) is 0.667. The lowest BCUT2D eigenvalue weighted by Crippen LogP contribution is -2.56. The maximum atomic E-state index is 6.65. The van der Waals surface area contributed by atoms with Gasteiger partial charge in [0.25, 0.3) is 0 Å². The van der Waals surface area contributed by atoms with Crippen LogP contribution in [-0.4, -0.2) is 30.6 Å². The SMILES string of the molecule is CN(C)C1(C(N)Cc2ccc3c(c2)CCC3)CCCC1. The molecule has 1 aromatic rings. The first kappa shape index (κ1) is 14.1. The lowest BCUT2D eigenvalue weighted by atomic mass is 9.83. The van der Waals surface area contributed by atoms with E-state index in [0.29, 0.717) is 0 Å². The number of likely N-dealkylation sites (N-methyl/N-ethyl adjacent to an activating group) is 1. The van der Waals surface area contributed by atoms with Gasteiger partial charge in [-0.3, -0.25) is 0 Å². The molecular weight excluding hydrogens is 244 g/mol. The summed E-state index contributed by atoms with van der Waals surface area (Å²) in [5.74, 6) is 0. The van der Waals surface area contributed by atoms with Gasteiger partial charge in [-0.25, -0.2) is 0 Å². The van der Waals surface area contributed by atoms with Crippen molar-refractivity contribution in [3.63, 3.8) is 0 Å². The van der Waals surface area contributed by atoms with Gasteiger partial charge in [0.05, 0.1) is 0 Å². The summed E-state index contributed by atoms with van der Waals surface area (Å²) in [5.41, 5.74) is 11.4. The van der Waals surface area contributed by atoms with Crippen LogP contribution < -0.4 is 5.73 Å². The molecule has 110 valence electrons. The lowest BCUT2D eigenvalue weighted by molar-refractivity contribution is 0.123. The van der Waals surface area contributed by atoms with E-state index in [1.165, 1.54) is 50.5 Å². The van der Waals surface area contributed by atoms with E-state index in [-0.39, 0.29) is 11.6 Å². The molecule has 0 amide bonds. The van der Waals surface area contributed by atoms with Crippen LogP contribution in [0.5, 0.6) is 0 Å². The molecule has 1 aromatic carbocycles. The Morgan fingerprint density at radius 1 is 1.10 bits per heavy atom. The van der Waals surface area contributed by atoms with Gasteiger partial charge in [0, 0.05) is 11.6 Å². The van der Waals surface area contributed by atoms with Crippen LogP contribution in [0.1, 0.15) is 48.8 Å². The molecule has 3 rings (SSSR count). The molecule has 2 aliphatic rings. The second kappa shape index (κ2) is 5.50. The smallest absolute Gasteiger partial charge is 0.0357 e. The summed E-state index contributed by atoms with van der Waals surface area (Å²) in [6.45, 7) is 0. The molecule has 2 N–H and O–H groups in total. The van der Waals surface area contributed by atoms with E-state index in [4.69, 9.17) is 5.73 Å². The Morgan fingerprint density at radius 2 is 1.80 bits per heavy atom. The summed E-state index contributed by atoms with van der Waals surface area (Å²) in [7, 11) is 4.40. The molecule has 0 radical (unpaired) electrons. The molecule has 0 aromatic heterocycles. The topological polar surface area (TPSA) is 29.3 Å². The molecule has 0 saturated heterocycles. The third-order valence-electron chi connectivity index (χ3n) is 5.67. The quantitative estimate of drug-likeness (QED) is 0.913. The molecule has 1 saturated carbocycles. The van der Waals surface area contributed by atoms with Gasteiger partial charge in [0.1, 0.15) is 0 Å². The van der Waals surface area contributed by atoms with Gasteiger partial charge in [-0.2, -0.15) is 0 Å². The molecule has 0 bridgehead atoms. The third-order valence-corrected chi connectivity index (χ3v) is 5.67. The molecule has 2 heteroatoms. The minimum absolute atomic E-state index is 0.221. The highest BCUT2D eigenvalue weighted by molar-refractivity contribution is 5.35. The Hall–Kier alpha value is -0.860. The van der Waals surface area contributed by atoms with Crippen molar-refractivity contribution in [3.8, 4) is 0 Å². The number of hydrogen-bond acceptors (Lipinski definition) is 2. The maximum absolute atomic E-state index is 6.65. The third kappa shape index (κ3) is 2.40. The number of hydrogen-bond donors (Lipinski definition) is 1. The first-order chi connectivity index (χ1) is 9.62. The van der Waals surface area contributed by atoms with E-state index >= 15 is 0 Å². The largest absolute Gasteiger partial charge is 0.326 e. The zero-order chi connectivity index (χ0) is 14.2. The van der Waals surface area contributed by atoms with Crippen LogP contribution >= 0.6 is 0 Å². The van der Waals surface area contributed by atoms with Crippen LogP contribution in [0.3, 0.4) is 0 Å². The van der Waals surface area contributed by atoms with E-state index in [0.717, 1.165) is 6.42 Å². The molecular formula is C18H28N2. The van der Waals surface area contributed by atoms with Crippen molar-refractivity contribution in [2.45, 2.75) is 62.9 Å². The number of nitrogens with two attached hydrogens (primary N) is 1. The summed E-state index contributed by atoms with van der Waals surface area (Å²) in [6, 6.07) is 7.31. The molecule has 2 nitrogen and oxygen atoms in total. The minimum atomic E-state index is 0.221. The highest BCUT2D eigenvalue weighted by Gasteiger charge is 2.41. The molecule has 0 spiro atoms. The number of nitrogens with zero attached hydrogens (tertiary/aromatic N) is 1. The van der Waals surface area contributed by atoms with E-state index < -0.39 is 0 Å². The van der Waals surface area contributed by atoms with E-state index in [9.17, 15) is 0 Å². The minimum Gasteiger partial charge on any atom is -0.326 e. The number of aryl methyl sites for hydroxylation is 2. The Labute approximate surface area is 123 Å². The van der Waals surface area contributed by atoms with E-state index in [2.05, 4.69) is 37.2 Å². The second-order valence-corrected chi connectivity index (χ2v) is 6.97. The Balaban J connectivity index is 1.76. The van der Waals surface area contributed by atoms with Gasteiger partial charge < -0.3 is 10.6 Å². The predicted molar refractivity (Wildman–Crippen MR) is 85.0 cm³/mol. The highest BCUT2D eigenvalue weighted by atomic mass is 15.2. The molecule has 1 atom stereocenters. The average Bonchev–Trinajstić information content (AvgIpc) is 3.07. The summed E-state index contributed by atoms with van der Waals surface area (Å²) in [4.78, 5) is 2.39. The Bertz CT molecular complexity index is 472. The maximum Gasteiger partial charge on any atom is 0.0357 e. The molecule has 20 heavy (non-hydrogen) atoms. The van der Waals surface area contributed by atoms with Gasteiger partial charge >= 0.3 is 0 Å². The highest BCUT2D eigenvalue weighted by Crippen LogP contribution is 2.37. The van der Waals surface area contributed by atoms with Crippen LogP contribution in [-0.2, 0) is 19.3 Å². The van der Waals surface area contributed by atoms with E-state index in [1.54, 1.807) is 11.1 Å². The molecule has 0 heterocycles. The van der Waals surface area contributed by atoms with Gasteiger partial charge in [0.2, 0.25) is 0 Å². The van der Waals surface area contributed by atoms with E-state index in [1.807, 2.05) is 0 Å². The zero-order valence-electron chi connectivity index (χ0n) is 13.0. The summed E-state index contributed by atoms with van der Waals surface area (Å²) < 4.78 is 0. The first-order valence-corrected chi connectivity index (χ1v) is 8.15. The standard InChI is InChI=1S/C18H28N2/c1-20(2)18(10-3-4-11-18)17(19)13-14-8-9-15-6-5-7-16(15)12-14/h8-9,12,17H,3-7,10-11,13,19H2,1-2H3. The average molecular weight is 272 g/mol. The zero-order valence-corrected chi connectivity index (χ0v) is 13.0. The van der Waals surface area contributed by atoms with Gasteiger partial charge in [-0.05, 0) is 69.3 Å². The van der Waals surface area contributed by atoms with Crippen molar-refractivity contribution in [3.05, 3.63) is 34.9 Å². The number of benzene rings is 1. The van der Waals surface area contributed by atoms with Crippen molar-refractivity contribution in [2.24, 2.45) is 5.73 Å². The number of rotatable bonds is 4. The Morgan fingerprint density at radius 3 is 2.50 bits per heavy atom. The van der Waals surface area contributed by atoms with Crippen molar-refractivity contribution >= 4 is 0 Å². The second-order valence-electron chi connectivity index (χ2n) is 6.97. The van der Waals surface area contributed by atoms with Crippen molar-refractivity contribution in [2.75, 3.05) is 14.1 Å². The van der Waals surface area contributed by atoms with Gasteiger partial charge in [-0.1, -0.05) is 31.0 Å². The van der Waals surface area contributed by atoms with Gasteiger partial charge in [0.15, 0.2) is 0 Å². The van der Waals surface area contributed by atoms with Crippen molar-refractivity contribution in [1.29, 1.82) is 0 Å². The predicted octanol–water partition coefficient (Wildman–Crippen LogP) is 2.92. The normalized spacial score (nSPS) is 22.2. The van der Waals surface area contributed by atoms with Crippen LogP contribution in [0, 0.1) is 0 Å². The van der Waals surface area contributed by atoms with Crippen molar-refractivity contribution in [1.82, 2.24) is 4.90 Å². The van der Waals surface area contributed by atoms with Crippen LogP contribution in [0.2, 0.25) is 0 Å². The fourth-order valence-corrected chi connectivity index (χ4v) is 4.33.